The Morgan fingerprint density at radius 3 is 2.77 bits per heavy atom. The van der Waals surface area contributed by atoms with E-state index in [-0.39, 0.29) is 11.2 Å². The van der Waals surface area contributed by atoms with Gasteiger partial charge < -0.3 is 4.74 Å². The van der Waals surface area contributed by atoms with E-state index in [0.717, 1.165) is 5.69 Å². The summed E-state index contributed by atoms with van der Waals surface area (Å²) in [5.74, 6) is -0.313. The fourth-order valence-corrected chi connectivity index (χ4v) is 2.82. The van der Waals surface area contributed by atoms with Crippen LogP contribution in [0.15, 0.2) is 41.7 Å². The highest BCUT2D eigenvalue weighted by molar-refractivity contribution is 8.00. The number of hydrogen-bond donors (Lipinski definition) is 0. The SMILES string of the molecule is COC(=O)C(C)Sc1ncnc2c1nnn2-c1ccccc1. The third kappa shape index (κ3) is 2.64. The number of nitrogens with zero attached hydrogens (tertiary/aromatic N) is 5. The maximum atomic E-state index is 11.6. The molecule has 0 amide bonds. The lowest BCUT2D eigenvalue weighted by Crippen LogP contribution is -2.14. The van der Waals surface area contributed by atoms with Crippen molar-refractivity contribution < 1.29 is 9.53 Å². The third-order valence-corrected chi connectivity index (χ3v) is 4.09. The van der Waals surface area contributed by atoms with Crippen LogP contribution in [-0.2, 0) is 9.53 Å². The average Bonchev–Trinajstić information content (AvgIpc) is 3.00. The van der Waals surface area contributed by atoms with Crippen molar-refractivity contribution >= 4 is 28.9 Å². The van der Waals surface area contributed by atoms with Crippen molar-refractivity contribution in [2.24, 2.45) is 0 Å². The number of benzene rings is 1. The van der Waals surface area contributed by atoms with Crippen LogP contribution in [0.3, 0.4) is 0 Å². The number of rotatable bonds is 4. The maximum Gasteiger partial charge on any atom is 0.318 e. The van der Waals surface area contributed by atoms with Crippen molar-refractivity contribution in [2.45, 2.75) is 17.2 Å². The van der Waals surface area contributed by atoms with Crippen molar-refractivity contribution in [3.05, 3.63) is 36.7 Å². The van der Waals surface area contributed by atoms with Crippen molar-refractivity contribution in [3.63, 3.8) is 0 Å². The van der Waals surface area contributed by atoms with Crippen LogP contribution in [0, 0.1) is 0 Å². The van der Waals surface area contributed by atoms with Crippen molar-refractivity contribution in [2.75, 3.05) is 7.11 Å². The minimum Gasteiger partial charge on any atom is -0.468 e. The second-order valence-corrected chi connectivity index (χ2v) is 5.80. The Kier molecular flexibility index (Phi) is 4.01. The molecule has 3 aromatic rings. The number of esters is 1. The molecule has 7 nitrogen and oxygen atoms in total. The number of carbonyl (C=O) groups is 1. The molecular formula is C14H13N5O2S. The van der Waals surface area contributed by atoms with Crippen LogP contribution in [0.4, 0.5) is 0 Å². The van der Waals surface area contributed by atoms with Crippen molar-refractivity contribution in [3.8, 4) is 5.69 Å². The molecule has 112 valence electrons. The molecule has 2 aromatic heterocycles. The van der Waals surface area contributed by atoms with Gasteiger partial charge in [-0.1, -0.05) is 35.2 Å². The summed E-state index contributed by atoms with van der Waals surface area (Å²) in [5.41, 5.74) is 2.02. The Morgan fingerprint density at radius 2 is 2.05 bits per heavy atom. The highest BCUT2D eigenvalue weighted by Crippen LogP contribution is 2.27. The molecule has 2 heterocycles. The molecule has 0 fully saturated rings. The van der Waals surface area contributed by atoms with E-state index in [0.29, 0.717) is 16.2 Å². The topological polar surface area (TPSA) is 82.8 Å². The predicted octanol–water partition coefficient (Wildman–Crippen LogP) is 1.86. The first kappa shape index (κ1) is 14.5. The molecule has 1 unspecified atom stereocenters. The monoisotopic (exact) mass is 315 g/mol. The molecule has 0 bridgehead atoms. The number of para-hydroxylation sites is 1. The summed E-state index contributed by atoms with van der Waals surface area (Å²) in [6.45, 7) is 1.76. The fourth-order valence-electron chi connectivity index (χ4n) is 1.94. The normalized spacial score (nSPS) is 12.3. The standard InChI is InChI=1S/C14H13N5O2S/c1-9(14(20)21-2)22-13-11-12(15-8-16-13)19(18-17-11)10-6-4-3-5-7-10/h3-9H,1-2H3. The number of thioether (sulfide) groups is 1. The lowest BCUT2D eigenvalue weighted by molar-refractivity contribution is -0.139. The number of aromatic nitrogens is 5. The van der Waals surface area contributed by atoms with E-state index in [1.807, 2.05) is 30.3 Å². The Labute approximate surface area is 130 Å². The van der Waals surface area contributed by atoms with Crippen LogP contribution >= 0.6 is 11.8 Å². The highest BCUT2D eigenvalue weighted by Gasteiger charge is 2.20. The van der Waals surface area contributed by atoms with E-state index in [9.17, 15) is 4.79 Å². The van der Waals surface area contributed by atoms with E-state index in [4.69, 9.17) is 4.74 Å². The number of methoxy groups -OCH3 is 1. The molecule has 0 aliphatic heterocycles. The summed E-state index contributed by atoms with van der Waals surface area (Å²) in [6.07, 6.45) is 1.44. The molecule has 0 aliphatic carbocycles. The zero-order valence-electron chi connectivity index (χ0n) is 12.0. The van der Waals surface area contributed by atoms with E-state index in [1.54, 1.807) is 11.6 Å². The van der Waals surface area contributed by atoms with Crippen LogP contribution < -0.4 is 0 Å². The largest absolute Gasteiger partial charge is 0.468 e. The van der Waals surface area contributed by atoms with Gasteiger partial charge in [0.2, 0.25) is 0 Å². The molecule has 0 spiro atoms. The van der Waals surface area contributed by atoms with Crippen molar-refractivity contribution in [1.29, 1.82) is 0 Å². The molecule has 0 N–H and O–H groups in total. The van der Waals surface area contributed by atoms with Gasteiger partial charge in [0.25, 0.3) is 0 Å². The highest BCUT2D eigenvalue weighted by atomic mass is 32.2. The Bertz CT molecular complexity index is 805. The first-order valence-corrected chi connectivity index (χ1v) is 7.45. The zero-order valence-corrected chi connectivity index (χ0v) is 12.8. The van der Waals surface area contributed by atoms with Crippen molar-refractivity contribution in [1.82, 2.24) is 25.0 Å². The van der Waals surface area contributed by atoms with Gasteiger partial charge in [-0.25, -0.2) is 9.97 Å². The number of carbonyl (C=O) groups excluding carboxylic acids is 1. The third-order valence-electron chi connectivity index (χ3n) is 3.03. The van der Waals surface area contributed by atoms with Gasteiger partial charge in [0.15, 0.2) is 11.2 Å². The lowest BCUT2D eigenvalue weighted by Gasteiger charge is -2.07. The smallest absolute Gasteiger partial charge is 0.318 e. The molecule has 0 saturated heterocycles. The number of ether oxygens (including phenoxy) is 1. The van der Waals surface area contributed by atoms with Gasteiger partial charge in [-0.15, -0.1) is 5.10 Å². The molecule has 3 rings (SSSR count). The van der Waals surface area contributed by atoms with Crippen LogP contribution in [0.5, 0.6) is 0 Å². The van der Waals surface area contributed by atoms with Gasteiger partial charge in [0.05, 0.1) is 12.8 Å². The fraction of sp³-hybridized carbons (Fsp3) is 0.214. The van der Waals surface area contributed by atoms with Gasteiger partial charge in [0, 0.05) is 0 Å². The zero-order chi connectivity index (χ0) is 15.5. The molecule has 22 heavy (non-hydrogen) atoms. The summed E-state index contributed by atoms with van der Waals surface area (Å²) < 4.78 is 6.37. The summed E-state index contributed by atoms with van der Waals surface area (Å²) in [4.78, 5) is 20.0. The second kappa shape index (κ2) is 6.10. The number of hydrogen-bond acceptors (Lipinski definition) is 7. The van der Waals surface area contributed by atoms with Gasteiger partial charge in [-0.2, -0.15) is 4.68 Å². The molecule has 0 saturated carbocycles. The van der Waals surface area contributed by atoms with Gasteiger partial charge in [-0.05, 0) is 19.1 Å². The van der Waals surface area contributed by atoms with E-state index < -0.39 is 0 Å². The van der Waals surface area contributed by atoms with Crippen LogP contribution in [-0.4, -0.2) is 43.3 Å². The Balaban J connectivity index is 2.01. The molecule has 8 heteroatoms. The van der Waals surface area contributed by atoms with Crippen LogP contribution in [0.2, 0.25) is 0 Å². The predicted molar refractivity (Wildman–Crippen MR) is 81.8 cm³/mol. The molecule has 0 aliphatic rings. The van der Waals surface area contributed by atoms with Gasteiger partial charge >= 0.3 is 5.97 Å². The molecular weight excluding hydrogens is 302 g/mol. The Morgan fingerprint density at radius 1 is 1.27 bits per heavy atom. The second-order valence-electron chi connectivity index (χ2n) is 4.47. The molecule has 1 aromatic carbocycles. The van der Waals surface area contributed by atoms with Crippen LogP contribution in [0.1, 0.15) is 6.92 Å². The van der Waals surface area contributed by atoms with Crippen LogP contribution in [0.25, 0.3) is 16.9 Å². The first-order valence-electron chi connectivity index (χ1n) is 6.57. The average molecular weight is 315 g/mol. The minimum atomic E-state index is -0.384. The van der Waals surface area contributed by atoms with E-state index in [1.165, 1.54) is 25.2 Å². The maximum absolute atomic E-state index is 11.6. The Hall–Kier alpha value is -2.48. The number of fused-ring (bicyclic) bond motifs is 1. The molecule has 1 atom stereocenters. The minimum absolute atomic E-state index is 0.313. The summed E-state index contributed by atoms with van der Waals surface area (Å²) in [7, 11) is 1.36. The van der Waals surface area contributed by atoms with Gasteiger partial charge in [-0.3, -0.25) is 4.79 Å². The lowest BCUT2D eigenvalue weighted by atomic mass is 10.3. The molecule has 0 radical (unpaired) electrons. The van der Waals surface area contributed by atoms with E-state index >= 15 is 0 Å². The summed E-state index contributed by atoms with van der Waals surface area (Å²) in [6, 6.07) is 9.59. The van der Waals surface area contributed by atoms with E-state index in [2.05, 4.69) is 20.3 Å². The first-order chi connectivity index (χ1) is 10.7. The quantitative estimate of drug-likeness (QED) is 0.413. The van der Waals surface area contributed by atoms with Gasteiger partial charge in [0.1, 0.15) is 16.6 Å². The summed E-state index contributed by atoms with van der Waals surface area (Å²) >= 11 is 1.27. The summed E-state index contributed by atoms with van der Waals surface area (Å²) in [5, 5.41) is 8.50.